The Bertz CT molecular complexity index is 794. The summed E-state index contributed by atoms with van der Waals surface area (Å²) in [6.07, 6.45) is 7.46. The molecule has 0 unspecified atom stereocenters. The molecule has 0 amide bonds. The van der Waals surface area contributed by atoms with Crippen molar-refractivity contribution < 1.29 is 4.74 Å². The summed E-state index contributed by atoms with van der Waals surface area (Å²) in [5, 5.41) is 0. The molecule has 4 nitrogen and oxygen atoms in total. The molecule has 2 aliphatic carbocycles. The summed E-state index contributed by atoms with van der Waals surface area (Å²) in [5.41, 5.74) is 5.03. The fraction of sp³-hybridized carbons (Fsp3) is 0.545. The highest BCUT2D eigenvalue weighted by atomic mass is 16.5. The monoisotopic (exact) mass is 349 g/mol. The Morgan fingerprint density at radius 1 is 1.00 bits per heavy atom. The second-order valence-electron chi connectivity index (χ2n) is 8.10. The highest BCUT2D eigenvalue weighted by molar-refractivity contribution is 5.65. The van der Waals surface area contributed by atoms with Crippen LogP contribution in [0.15, 0.2) is 24.3 Å². The largest absolute Gasteiger partial charge is 0.497 e. The number of benzene rings is 1. The molecule has 4 heteroatoms. The summed E-state index contributed by atoms with van der Waals surface area (Å²) in [6.45, 7) is 3.56. The first-order valence-electron chi connectivity index (χ1n) is 10.1. The molecule has 2 heterocycles. The molecular weight excluding hydrogens is 322 g/mol. The van der Waals surface area contributed by atoms with Gasteiger partial charge in [0, 0.05) is 48.8 Å². The summed E-state index contributed by atoms with van der Waals surface area (Å²) in [6, 6.07) is 8.36. The second-order valence-corrected chi connectivity index (χ2v) is 8.10. The van der Waals surface area contributed by atoms with Crippen LogP contribution in [0.25, 0.3) is 11.3 Å². The Labute approximate surface area is 155 Å². The SMILES string of the molecule is COc1ccc(-c2nc(C3CC3)nc3c2CCN(CC2CC2)CC3)cc1. The van der Waals surface area contributed by atoms with Crippen LogP contribution in [0.2, 0.25) is 0 Å². The van der Waals surface area contributed by atoms with Crippen LogP contribution >= 0.6 is 0 Å². The van der Waals surface area contributed by atoms with Crippen molar-refractivity contribution in [2.45, 2.75) is 44.4 Å². The van der Waals surface area contributed by atoms with Crippen molar-refractivity contribution in [3.63, 3.8) is 0 Å². The number of rotatable bonds is 5. The average Bonchev–Trinajstić information content (AvgIpc) is 3.56. The van der Waals surface area contributed by atoms with Gasteiger partial charge < -0.3 is 9.64 Å². The van der Waals surface area contributed by atoms with E-state index in [1.54, 1.807) is 7.11 Å². The number of hydrogen-bond acceptors (Lipinski definition) is 4. The molecule has 1 aliphatic heterocycles. The minimum Gasteiger partial charge on any atom is -0.497 e. The standard InChI is InChI=1S/C22H27N3O/c1-26-18-8-6-16(7-9-18)21-19-10-12-25(14-15-2-3-15)13-11-20(19)23-22(24-21)17-4-5-17/h6-9,15,17H,2-5,10-14H2,1H3. The van der Waals surface area contributed by atoms with E-state index in [-0.39, 0.29) is 0 Å². The summed E-state index contributed by atoms with van der Waals surface area (Å²) in [7, 11) is 1.71. The van der Waals surface area contributed by atoms with E-state index < -0.39 is 0 Å². The van der Waals surface area contributed by atoms with Gasteiger partial charge in [0.05, 0.1) is 12.8 Å². The van der Waals surface area contributed by atoms with E-state index in [1.165, 1.54) is 49.0 Å². The summed E-state index contributed by atoms with van der Waals surface area (Å²) in [4.78, 5) is 12.7. The van der Waals surface area contributed by atoms with Crippen molar-refractivity contribution in [2.75, 3.05) is 26.7 Å². The average molecular weight is 349 g/mol. The topological polar surface area (TPSA) is 38.3 Å². The third kappa shape index (κ3) is 3.35. The maximum atomic E-state index is 5.33. The van der Waals surface area contributed by atoms with Gasteiger partial charge in [-0.25, -0.2) is 9.97 Å². The fourth-order valence-corrected chi connectivity index (χ4v) is 4.02. The van der Waals surface area contributed by atoms with Gasteiger partial charge in [0.1, 0.15) is 11.6 Å². The molecule has 2 saturated carbocycles. The number of fused-ring (bicyclic) bond motifs is 1. The van der Waals surface area contributed by atoms with Crippen molar-refractivity contribution in [3.05, 3.63) is 41.3 Å². The molecule has 0 saturated heterocycles. The number of ether oxygens (including phenoxy) is 1. The summed E-state index contributed by atoms with van der Waals surface area (Å²) >= 11 is 0. The predicted octanol–water partition coefficient (Wildman–Crippen LogP) is 3.84. The van der Waals surface area contributed by atoms with Crippen LogP contribution in [0.1, 0.15) is 48.7 Å². The van der Waals surface area contributed by atoms with Crippen LogP contribution in [0.5, 0.6) is 5.75 Å². The second kappa shape index (κ2) is 6.66. The smallest absolute Gasteiger partial charge is 0.132 e. The Morgan fingerprint density at radius 2 is 1.77 bits per heavy atom. The molecule has 3 aliphatic rings. The summed E-state index contributed by atoms with van der Waals surface area (Å²) in [5.74, 6) is 3.51. The van der Waals surface area contributed by atoms with Crippen molar-refractivity contribution >= 4 is 0 Å². The van der Waals surface area contributed by atoms with E-state index >= 15 is 0 Å². The van der Waals surface area contributed by atoms with Gasteiger partial charge in [-0.2, -0.15) is 0 Å². The number of nitrogens with zero attached hydrogens (tertiary/aromatic N) is 3. The van der Waals surface area contributed by atoms with Gasteiger partial charge in [0.15, 0.2) is 0 Å². The first kappa shape index (κ1) is 16.2. The molecule has 136 valence electrons. The Morgan fingerprint density at radius 3 is 2.46 bits per heavy atom. The molecule has 0 bridgehead atoms. The Balaban J connectivity index is 1.50. The van der Waals surface area contributed by atoms with Crippen LogP contribution in [-0.2, 0) is 12.8 Å². The van der Waals surface area contributed by atoms with Crippen LogP contribution in [0.4, 0.5) is 0 Å². The first-order valence-corrected chi connectivity index (χ1v) is 10.1. The van der Waals surface area contributed by atoms with E-state index in [4.69, 9.17) is 14.7 Å². The molecule has 0 atom stereocenters. The lowest BCUT2D eigenvalue weighted by atomic mass is 10.0. The van der Waals surface area contributed by atoms with E-state index in [9.17, 15) is 0 Å². The first-order chi connectivity index (χ1) is 12.8. The lowest BCUT2D eigenvalue weighted by Crippen LogP contribution is -2.28. The molecule has 1 aromatic carbocycles. The summed E-state index contributed by atoms with van der Waals surface area (Å²) < 4.78 is 5.33. The number of methoxy groups -OCH3 is 1. The van der Waals surface area contributed by atoms with Crippen LogP contribution in [0, 0.1) is 5.92 Å². The molecule has 2 fully saturated rings. The maximum absolute atomic E-state index is 5.33. The van der Waals surface area contributed by atoms with E-state index in [1.807, 2.05) is 12.1 Å². The molecular formula is C22H27N3O. The van der Waals surface area contributed by atoms with Crippen LogP contribution < -0.4 is 4.74 Å². The van der Waals surface area contributed by atoms with Gasteiger partial charge in [-0.1, -0.05) is 0 Å². The normalized spacial score (nSPS) is 20.5. The van der Waals surface area contributed by atoms with E-state index in [2.05, 4.69) is 17.0 Å². The highest BCUT2D eigenvalue weighted by Gasteiger charge is 2.30. The van der Waals surface area contributed by atoms with Gasteiger partial charge >= 0.3 is 0 Å². The van der Waals surface area contributed by atoms with Crippen LogP contribution in [0.3, 0.4) is 0 Å². The lowest BCUT2D eigenvalue weighted by molar-refractivity contribution is 0.275. The number of aromatic nitrogens is 2. The Kier molecular flexibility index (Phi) is 4.16. The van der Waals surface area contributed by atoms with E-state index in [0.29, 0.717) is 5.92 Å². The number of hydrogen-bond donors (Lipinski definition) is 0. The highest BCUT2D eigenvalue weighted by Crippen LogP contribution is 2.40. The quantitative estimate of drug-likeness (QED) is 0.822. The van der Waals surface area contributed by atoms with E-state index in [0.717, 1.165) is 49.1 Å². The molecule has 0 radical (unpaired) electrons. The van der Waals surface area contributed by atoms with Gasteiger partial charge in [-0.05, 0) is 62.3 Å². The third-order valence-electron chi connectivity index (χ3n) is 5.97. The molecule has 26 heavy (non-hydrogen) atoms. The molecule has 0 spiro atoms. The van der Waals surface area contributed by atoms with Gasteiger partial charge in [-0.3, -0.25) is 0 Å². The minimum atomic E-state index is 0.586. The molecule has 2 aromatic rings. The predicted molar refractivity (Wildman–Crippen MR) is 103 cm³/mol. The fourth-order valence-electron chi connectivity index (χ4n) is 4.02. The zero-order valence-corrected chi connectivity index (χ0v) is 15.6. The van der Waals surface area contributed by atoms with Crippen molar-refractivity contribution in [1.29, 1.82) is 0 Å². The Hall–Kier alpha value is -1.94. The molecule has 5 rings (SSSR count). The van der Waals surface area contributed by atoms with Gasteiger partial charge in [0.2, 0.25) is 0 Å². The lowest BCUT2D eigenvalue weighted by Gasteiger charge is -2.18. The van der Waals surface area contributed by atoms with Crippen molar-refractivity contribution in [1.82, 2.24) is 14.9 Å². The maximum Gasteiger partial charge on any atom is 0.132 e. The minimum absolute atomic E-state index is 0.586. The molecule has 1 aromatic heterocycles. The van der Waals surface area contributed by atoms with Gasteiger partial charge in [-0.15, -0.1) is 0 Å². The zero-order valence-electron chi connectivity index (χ0n) is 15.6. The van der Waals surface area contributed by atoms with Crippen molar-refractivity contribution in [3.8, 4) is 17.0 Å². The third-order valence-corrected chi connectivity index (χ3v) is 5.97. The van der Waals surface area contributed by atoms with Crippen LogP contribution in [-0.4, -0.2) is 41.6 Å². The molecule has 0 N–H and O–H groups in total. The van der Waals surface area contributed by atoms with Gasteiger partial charge in [0.25, 0.3) is 0 Å². The van der Waals surface area contributed by atoms with Crippen molar-refractivity contribution in [2.24, 2.45) is 5.92 Å². The zero-order chi connectivity index (χ0) is 17.5.